The first-order valence-corrected chi connectivity index (χ1v) is 9.52. The lowest BCUT2D eigenvalue weighted by Crippen LogP contribution is -2.41. The van der Waals surface area contributed by atoms with Crippen LogP contribution in [0.5, 0.6) is 5.75 Å². The van der Waals surface area contributed by atoms with Crippen LogP contribution in [0.25, 0.3) is 10.9 Å². The number of aromatic amines is 1. The van der Waals surface area contributed by atoms with E-state index >= 15 is 0 Å². The van der Waals surface area contributed by atoms with Crippen LogP contribution in [0.3, 0.4) is 0 Å². The molecule has 1 fully saturated rings. The highest BCUT2D eigenvalue weighted by atomic mass is 19.3. The summed E-state index contributed by atoms with van der Waals surface area (Å²) in [7, 11) is 0. The topological polar surface area (TPSA) is 67.3 Å². The van der Waals surface area contributed by atoms with Crippen molar-refractivity contribution in [1.29, 1.82) is 0 Å². The van der Waals surface area contributed by atoms with Crippen LogP contribution in [0, 0.1) is 0 Å². The molecule has 1 aliphatic heterocycles. The van der Waals surface area contributed by atoms with E-state index in [1.165, 1.54) is 22.9 Å². The largest absolute Gasteiger partial charge is 0.490 e. The van der Waals surface area contributed by atoms with Crippen LogP contribution in [-0.2, 0) is 6.54 Å². The van der Waals surface area contributed by atoms with Crippen LogP contribution < -0.4 is 10.3 Å². The SMILES string of the molecule is O=C(c1ccc(=O)[nH]c1)N1CCC(Oc2cccc3c2ccn3CC(F)F)CC1. The number of H-pyrrole nitrogens is 1. The first kappa shape index (κ1) is 19.2. The Kier molecular flexibility index (Phi) is 5.33. The monoisotopic (exact) mass is 401 g/mol. The molecule has 0 radical (unpaired) electrons. The summed E-state index contributed by atoms with van der Waals surface area (Å²) in [6.45, 7) is 0.744. The quantitative estimate of drug-likeness (QED) is 0.714. The van der Waals surface area contributed by atoms with Gasteiger partial charge in [0.1, 0.15) is 11.9 Å². The van der Waals surface area contributed by atoms with Crippen LogP contribution in [0.4, 0.5) is 8.78 Å². The van der Waals surface area contributed by atoms with Gasteiger partial charge in [0.15, 0.2) is 0 Å². The van der Waals surface area contributed by atoms with Gasteiger partial charge in [-0.2, -0.15) is 0 Å². The summed E-state index contributed by atoms with van der Waals surface area (Å²) in [5, 5.41) is 0.805. The highest BCUT2D eigenvalue weighted by molar-refractivity contribution is 5.94. The van der Waals surface area contributed by atoms with Gasteiger partial charge in [0, 0.05) is 49.8 Å². The number of piperidine rings is 1. The second-order valence-corrected chi connectivity index (χ2v) is 7.10. The van der Waals surface area contributed by atoms with Gasteiger partial charge in [0.2, 0.25) is 5.56 Å². The molecular weight excluding hydrogens is 380 g/mol. The number of carbonyl (C=O) groups is 1. The molecule has 1 aliphatic rings. The summed E-state index contributed by atoms with van der Waals surface area (Å²) in [5.74, 6) is 0.548. The number of pyridine rings is 1. The van der Waals surface area contributed by atoms with Crippen molar-refractivity contribution < 1.29 is 18.3 Å². The van der Waals surface area contributed by atoms with Gasteiger partial charge in [0.05, 0.1) is 17.6 Å². The summed E-state index contributed by atoms with van der Waals surface area (Å²) in [5.41, 5.74) is 0.924. The Hall–Kier alpha value is -3.16. The third-order valence-electron chi connectivity index (χ3n) is 5.16. The zero-order valence-corrected chi connectivity index (χ0v) is 15.7. The van der Waals surface area contributed by atoms with Crippen molar-refractivity contribution in [3.63, 3.8) is 0 Å². The lowest BCUT2D eigenvalue weighted by atomic mass is 10.1. The van der Waals surface area contributed by atoms with Gasteiger partial charge in [-0.15, -0.1) is 0 Å². The Bertz CT molecular complexity index is 1050. The second-order valence-electron chi connectivity index (χ2n) is 7.10. The molecule has 1 saturated heterocycles. The van der Waals surface area contributed by atoms with Crippen LogP contribution in [0.2, 0.25) is 0 Å². The highest BCUT2D eigenvalue weighted by Gasteiger charge is 2.25. The number of fused-ring (bicyclic) bond motifs is 1. The number of amides is 1. The minimum atomic E-state index is -2.42. The lowest BCUT2D eigenvalue weighted by molar-refractivity contribution is 0.0597. The van der Waals surface area contributed by atoms with Crippen LogP contribution >= 0.6 is 0 Å². The van der Waals surface area contributed by atoms with Crippen molar-refractivity contribution in [1.82, 2.24) is 14.5 Å². The summed E-state index contributed by atoms with van der Waals surface area (Å²) >= 11 is 0. The van der Waals surface area contributed by atoms with Crippen LogP contribution in [0.15, 0.2) is 53.6 Å². The number of hydrogen-bond donors (Lipinski definition) is 1. The van der Waals surface area contributed by atoms with Crippen molar-refractivity contribution in [2.75, 3.05) is 13.1 Å². The fourth-order valence-electron chi connectivity index (χ4n) is 3.69. The van der Waals surface area contributed by atoms with Crippen molar-refractivity contribution >= 4 is 16.8 Å². The molecule has 3 aromatic rings. The maximum atomic E-state index is 12.7. The standard InChI is InChI=1S/C21H21F2N3O3/c22-19(23)13-26-11-8-16-17(26)2-1-3-18(16)29-15-6-9-25(10-7-15)21(28)14-4-5-20(27)24-12-14/h1-5,8,11-12,15,19H,6-7,9-10,13H2,(H,24,27). The molecule has 3 heterocycles. The first-order chi connectivity index (χ1) is 14.0. The molecule has 1 amide bonds. The lowest BCUT2D eigenvalue weighted by Gasteiger charge is -2.32. The maximum absolute atomic E-state index is 12.7. The molecule has 0 bridgehead atoms. The molecular formula is C21H21F2N3O3. The molecule has 29 heavy (non-hydrogen) atoms. The number of alkyl halides is 2. The molecule has 0 atom stereocenters. The Morgan fingerprint density at radius 2 is 1.97 bits per heavy atom. The van der Waals surface area contributed by atoms with E-state index in [4.69, 9.17) is 4.74 Å². The number of hydrogen-bond acceptors (Lipinski definition) is 3. The van der Waals surface area contributed by atoms with Crippen molar-refractivity contribution in [3.05, 3.63) is 64.7 Å². The molecule has 0 aliphatic carbocycles. The van der Waals surface area contributed by atoms with Gasteiger partial charge in [0.25, 0.3) is 12.3 Å². The molecule has 1 N–H and O–H groups in total. The zero-order chi connectivity index (χ0) is 20.4. The number of nitrogens with zero attached hydrogens (tertiary/aromatic N) is 2. The molecule has 4 rings (SSSR count). The van der Waals surface area contributed by atoms with Gasteiger partial charge in [-0.3, -0.25) is 9.59 Å². The molecule has 0 spiro atoms. The number of nitrogens with one attached hydrogen (secondary N) is 1. The minimum absolute atomic E-state index is 0.0568. The summed E-state index contributed by atoms with van der Waals surface area (Å²) < 4.78 is 33.2. The highest BCUT2D eigenvalue weighted by Crippen LogP contribution is 2.29. The molecule has 0 saturated carbocycles. The van der Waals surface area contributed by atoms with Crippen molar-refractivity contribution in [2.24, 2.45) is 0 Å². The number of likely N-dealkylation sites (tertiary alicyclic amines) is 1. The Morgan fingerprint density at radius 1 is 1.17 bits per heavy atom. The van der Waals surface area contributed by atoms with Gasteiger partial charge >= 0.3 is 0 Å². The molecule has 8 heteroatoms. The number of rotatable bonds is 5. The first-order valence-electron chi connectivity index (χ1n) is 9.52. The third kappa shape index (κ3) is 4.16. The fourth-order valence-corrected chi connectivity index (χ4v) is 3.69. The number of carbonyl (C=O) groups excluding carboxylic acids is 1. The predicted molar refractivity (Wildman–Crippen MR) is 105 cm³/mol. The van der Waals surface area contributed by atoms with Crippen molar-refractivity contribution in [2.45, 2.75) is 31.9 Å². The number of aromatic nitrogens is 2. The van der Waals surface area contributed by atoms with E-state index in [1.54, 1.807) is 29.3 Å². The van der Waals surface area contributed by atoms with E-state index in [2.05, 4.69) is 4.98 Å². The molecule has 2 aromatic heterocycles. The average molecular weight is 401 g/mol. The Balaban J connectivity index is 1.41. The minimum Gasteiger partial charge on any atom is -0.490 e. The summed E-state index contributed by atoms with van der Waals surface area (Å²) in [6, 6.07) is 10.1. The van der Waals surface area contributed by atoms with E-state index < -0.39 is 6.43 Å². The van der Waals surface area contributed by atoms with Gasteiger partial charge < -0.3 is 19.2 Å². The maximum Gasteiger partial charge on any atom is 0.256 e. The van der Waals surface area contributed by atoms with E-state index in [1.807, 2.05) is 6.07 Å². The van der Waals surface area contributed by atoms with Gasteiger partial charge in [-0.1, -0.05) is 6.07 Å². The van der Waals surface area contributed by atoms with Crippen LogP contribution in [0.1, 0.15) is 23.2 Å². The predicted octanol–water partition coefficient (Wildman–Crippen LogP) is 3.28. The zero-order valence-electron chi connectivity index (χ0n) is 15.7. The summed E-state index contributed by atoms with van der Waals surface area (Å²) in [4.78, 5) is 27.9. The van der Waals surface area contributed by atoms with E-state index in [9.17, 15) is 18.4 Å². The van der Waals surface area contributed by atoms with E-state index in [-0.39, 0.29) is 24.1 Å². The molecule has 152 valence electrons. The number of benzene rings is 1. The second kappa shape index (κ2) is 8.06. The Labute approximate surface area is 165 Å². The third-order valence-corrected chi connectivity index (χ3v) is 5.16. The van der Waals surface area contributed by atoms with Crippen LogP contribution in [-0.4, -0.2) is 46.0 Å². The molecule has 1 aromatic carbocycles. The Morgan fingerprint density at radius 3 is 2.66 bits per heavy atom. The summed E-state index contributed by atoms with van der Waals surface area (Å²) in [6.07, 6.45) is 1.94. The fraction of sp³-hybridized carbons (Fsp3) is 0.333. The smallest absolute Gasteiger partial charge is 0.256 e. The molecule has 0 unspecified atom stereocenters. The van der Waals surface area contributed by atoms with E-state index in [0.717, 1.165) is 5.39 Å². The number of halogens is 2. The van der Waals surface area contributed by atoms with E-state index in [0.29, 0.717) is 42.8 Å². The van der Waals surface area contributed by atoms with Gasteiger partial charge in [-0.05, 0) is 24.3 Å². The van der Waals surface area contributed by atoms with Crippen molar-refractivity contribution in [3.8, 4) is 5.75 Å². The molecule has 6 nitrogen and oxygen atoms in total. The van der Waals surface area contributed by atoms with Gasteiger partial charge in [-0.25, -0.2) is 8.78 Å². The number of ether oxygens (including phenoxy) is 1. The normalized spacial score (nSPS) is 15.2. The average Bonchev–Trinajstić information content (AvgIpc) is 3.12.